The summed E-state index contributed by atoms with van der Waals surface area (Å²) in [5.41, 5.74) is 8.61. The topological polar surface area (TPSA) is 123 Å². The van der Waals surface area contributed by atoms with E-state index in [2.05, 4.69) is 10.3 Å². The van der Waals surface area contributed by atoms with E-state index in [1.165, 1.54) is 11.6 Å². The molecule has 0 bridgehead atoms. The number of aromatic nitrogens is 3. The molecular weight excluding hydrogens is 452 g/mol. The maximum absolute atomic E-state index is 13.6. The summed E-state index contributed by atoms with van der Waals surface area (Å²) in [5, 5.41) is 2.99. The molecule has 168 valence electrons. The lowest BCUT2D eigenvalue weighted by Gasteiger charge is -2.12. The number of carbonyl (C=O) groups excluding carboxylic acids is 2. The van der Waals surface area contributed by atoms with Crippen molar-refractivity contribution in [1.82, 2.24) is 10.3 Å². The van der Waals surface area contributed by atoms with Gasteiger partial charge < -0.3 is 5.73 Å². The van der Waals surface area contributed by atoms with E-state index in [0.29, 0.717) is 32.7 Å². The van der Waals surface area contributed by atoms with Gasteiger partial charge in [0.25, 0.3) is 5.78 Å². The van der Waals surface area contributed by atoms with E-state index in [0.717, 1.165) is 16.9 Å². The van der Waals surface area contributed by atoms with Crippen LogP contribution < -0.4 is 16.0 Å². The van der Waals surface area contributed by atoms with E-state index in [4.69, 9.17) is 10.3 Å². The fourth-order valence-corrected chi connectivity index (χ4v) is 5.18. The molecule has 5 rings (SSSR count). The minimum atomic E-state index is -0.817. The first kappa shape index (κ1) is 21.5. The van der Waals surface area contributed by atoms with E-state index in [1.54, 1.807) is 31.2 Å². The van der Waals surface area contributed by atoms with Crippen molar-refractivity contribution in [3.05, 3.63) is 92.9 Å². The number of Topliss-reactive ketones (excluding diaryl/α,β-unsaturated/α-hetero) is 1. The highest BCUT2D eigenvalue weighted by Gasteiger charge is 2.35. The molecule has 0 radical (unpaired) electrons. The summed E-state index contributed by atoms with van der Waals surface area (Å²) in [5.74, 6) is -0.752. The van der Waals surface area contributed by atoms with Gasteiger partial charge in [0.1, 0.15) is 9.71 Å². The van der Waals surface area contributed by atoms with Gasteiger partial charge in [0, 0.05) is 28.6 Å². The zero-order chi connectivity index (χ0) is 24.0. The molecule has 0 aliphatic rings. The van der Waals surface area contributed by atoms with Crippen molar-refractivity contribution >= 4 is 38.8 Å². The number of carbonyl (C=O) groups is 2. The van der Waals surface area contributed by atoms with E-state index < -0.39 is 11.4 Å². The number of aromatic amines is 1. The number of anilines is 1. The number of nitrogens with one attached hydrogen (secondary N) is 1. The number of benzene rings is 2. The number of hydrogen-bond acceptors (Lipinski definition) is 7. The first-order chi connectivity index (χ1) is 16.4. The Labute approximate surface area is 197 Å². The number of nitrogens with two attached hydrogens (primary N) is 1. The van der Waals surface area contributed by atoms with Gasteiger partial charge in [0.15, 0.2) is 5.78 Å². The van der Waals surface area contributed by atoms with E-state index in [9.17, 15) is 14.4 Å². The minimum Gasteiger partial charge on any atom is -0.397 e. The molecule has 0 aliphatic carbocycles. The summed E-state index contributed by atoms with van der Waals surface area (Å²) < 4.78 is 6.22. The van der Waals surface area contributed by atoms with Gasteiger partial charge >= 0.3 is 11.3 Å². The van der Waals surface area contributed by atoms with Crippen molar-refractivity contribution < 1.29 is 18.8 Å². The molecule has 3 aromatic heterocycles. The first-order valence-corrected chi connectivity index (χ1v) is 11.2. The molecule has 9 heteroatoms. The third-order valence-electron chi connectivity index (χ3n) is 5.55. The van der Waals surface area contributed by atoms with Crippen molar-refractivity contribution in [2.75, 3.05) is 5.73 Å². The number of para-hydroxylation sites is 1. The van der Waals surface area contributed by atoms with Gasteiger partial charge in [-0.15, -0.1) is 11.3 Å². The lowest BCUT2D eigenvalue weighted by molar-refractivity contribution is -0.672. The number of thiophene rings is 1. The van der Waals surface area contributed by atoms with Crippen LogP contribution in [0, 0.1) is 6.92 Å². The lowest BCUT2D eigenvalue weighted by atomic mass is 9.93. The average molecular weight is 472 g/mol. The minimum absolute atomic E-state index is 0.149. The predicted molar refractivity (Wildman–Crippen MR) is 129 cm³/mol. The van der Waals surface area contributed by atoms with Gasteiger partial charge in [-0.25, -0.2) is 9.78 Å². The molecule has 2 aromatic carbocycles. The van der Waals surface area contributed by atoms with Crippen LogP contribution in [0.4, 0.5) is 5.69 Å². The molecule has 0 saturated carbocycles. The van der Waals surface area contributed by atoms with Crippen LogP contribution in [0.5, 0.6) is 0 Å². The van der Waals surface area contributed by atoms with Gasteiger partial charge in [-0.05, 0) is 29.4 Å². The average Bonchev–Trinajstić information content (AvgIpc) is 3.38. The number of aryl methyl sites for hydroxylation is 1. The second kappa shape index (κ2) is 8.20. The predicted octanol–water partition coefficient (Wildman–Crippen LogP) is 3.85. The molecule has 0 amide bonds. The van der Waals surface area contributed by atoms with Crippen LogP contribution in [0.3, 0.4) is 0 Å². The molecule has 5 aromatic rings. The zero-order valence-electron chi connectivity index (χ0n) is 18.3. The maximum atomic E-state index is 13.6. The monoisotopic (exact) mass is 471 g/mol. The molecule has 3 heterocycles. The SMILES string of the molecule is CC(=O)c1c(C)nc2sc(C(=O)c3c(=O)o[nH][n+]3-c3ccccc3)c(N)c2c1-c1ccccc1. The highest BCUT2D eigenvalue weighted by molar-refractivity contribution is 7.21. The molecule has 34 heavy (non-hydrogen) atoms. The number of nitrogen functional groups attached to an aromatic ring is 1. The van der Waals surface area contributed by atoms with E-state index >= 15 is 0 Å². The maximum Gasteiger partial charge on any atom is 0.439 e. The second-order valence-electron chi connectivity index (χ2n) is 7.72. The summed E-state index contributed by atoms with van der Waals surface area (Å²) >= 11 is 1.08. The number of H-pyrrole nitrogens is 1. The molecule has 0 atom stereocenters. The quantitative estimate of drug-likeness (QED) is 0.297. The van der Waals surface area contributed by atoms with Gasteiger partial charge in [0.2, 0.25) is 5.69 Å². The van der Waals surface area contributed by atoms with Crippen molar-refractivity contribution in [3.63, 3.8) is 0 Å². The molecular formula is C25H19N4O4S+. The smallest absolute Gasteiger partial charge is 0.397 e. The molecule has 8 nitrogen and oxygen atoms in total. The Balaban J connectivity index is 1.78. The normalized spacial score (nSPS) is 11.1. The Morgan fingerprint density at radius 1 is 1.06 bits per heavy atom. The van der Waals surface area contributed by atoms with Gasteiger partial charge in [-0.1, -0.05) is 48.5 Å². The van der Waals surface area contributed by atoms with Gasteiger partial charge in [-0.2, -0.15) is 0 Å². The zero-order valence-corrected chi connectivity index (χ0v) is 19.1. The Kier molecular flexibility index (Phi) is 5.18. The van der Waals surface area contributed by atoms with Crippen LogP contribution in [0.15, 0.2) is 70.0 Å². The molecule has 0 aliphatic heterocycles. The van der Waals surface area contributed by atoms with Gasteiger partial charge in [0.05, 0.1) is 11.4 Å². The van der Waals surface area contributed by atoms with Crippen molar-refractivity contribution in [2.45, 2.75) is 13.8 Å². The highest BCUT2D eigenvalue weighted by atomic mass is 32.1. The van der Waals surface area contributed by atoms with E-state index in [1.807, 2.05) is 36.4 Å². The Morgan fingerprint density at radius 3 is 2.35 bits per heavy atom. The van der Waals surface area contributed by atoms with Crippen LogP contribution in [0.2, 0.25) is 0 Å². The van der Waals surface area contributed by atoms with Crippen LogP contribution in [0.1, 0.15) is 38.3 Å². The molecule has 0 fully saturated rings. The fraction of sp³-hybridized carbons (Fsp3) is 0.0800. The van der Waals surface area contributed by atoms with Crippen LogP contribution in [0.25, 0.3) is 27.0 Å². The summed E-state index contributed by atoms with van der Waals surface area (Å²) in [6, 6.07) is 18.2. The fourth-order valence-electron chi connectivity index (χ4n) is 4.09. The summed E-state index contributed by atoms with van der Waals surface area (Å²) in [7, 11) is 0. The first-order valence-electron chi connectivity index (χ1n) is 10.4. The molecule has 0 spiro atoms. The molecule has 0 saturated heterocycles. The third-order valence-corrected chi connectivity index (χ3v) is 6.65. The standard InChI is InChI=1S/C25H18N4O4S/c1-13-17(14(2)30)18(15-9-5-3-6-10-15)19-20(26)23(34-24(19)27-13)22(31)21-25(32)33-28-29(21)16-11-7-4-8-12-16/h3-12H,1-2H3,(H2-,26,28,31,32)/p+1. The number of pyridine rings is 1. The summed E-state index contributed by atoms with van der Waals surface area (Å²) in [4.78, 5) is 43.9. The Bertz CT molecular complexity index is 1630. The number of fused-ring (bicyclic) bond motifs is 1. The Hall–Kier alpha value is -4.37. The second-order valence-corrected chi connectivity index (χ2v) is 8.72. The van der Waals surface area contributed by atoms with Crippen LogP contribution in [-0.4, -0.2) is 21.8 Å². The molecule has 3 N–H and O–H groups in total. The molecule has 0 unspecified atom stereocenters. The van der Waals surface area contributed by atoms with Crippen LogP contribution >= 0.6 is 11.3 Å². The Morgan fingerprint density at radius 2 is 1.71 bits per heavy atom. The van der Waals surface area contributed by atoms with Crippen LogP contribution in [-0.2, 0) is 0 Å². The third kappa shape index (κ3) is 3.34. The van der Waals surface area contributed by atoms with Crippen molar-refractivity contribution in [3.8, 4) is 16.8 Å². The van der Waals surface area contributed by atoms with Crippen molar-refractivity contribution in [2.24, 2.45) is 0 Å². The van der Waals surface area contributed by atoms with Gasteiger partial charge in [-0.3, -0.25) is 14.1 Å². The number of nitrogens with zero attached hydrogens (tertiary/aromatic N) is 2. The summed E-state index contributed by atoms with van der Waals surface area (Å²) in [6.45, 7) is 3.23. The van der Waals surface area contributed by atoms with Crippen molar-refractivity contribution in [1.29, 1.82) is 0 Å². The van der Waals surface area contributed by atoms with E-state index in [-0.39, 0.29) is 22.0 Å². The largest absolute Gasteiger partial charge is 0.439 e. The summed E-state index contributed by atoms with van der Waals surface area (Å²) in [6.07, 6.45) is 0. The number of hydrogen-bond donors (Lipinski definition) is 2. The number of ketones is 2. The lowest BCUT2D eigenvalue weighted by Crippen LogP contribution is -2.41. The highest BCUT2D eigenvalue weighted by Crippen LogP contribution is 2.42. The number of rotatable bonds is 5.